The molecule has 0 atom stereocenters. The SMILES string of the molecule is COc1ccc2c(c1C=O)CCN(C(=O)CN1CCN(C)CC1)C2. The van der Waals surface area contributed by atoms with E-state index < -0.39 is 0 Å². The zero-order chi connectivity index (χ0) is 17.1. The summed E-state index contributed by atoms with van der Waals surface area (Å²) in [4.78, 5) is 30.4. The van der Waals surface area contributed by atoms with Crippen molar-refractivity contribution in [2.75, 3.05) is 53.4 Å². The van der Waals surface area contributed by atoms with Gasteiger partial charge in [-0.05, 0) is 30.7 Å². The van der Waals surface area contributed by atoms with Crippen molar-refractivity contribution < 1.29 is 14.3 Å². The van der Waals surface area contributed by atoms with Crippen molar-refractivity contribution in [1.29, 1.82) is 0 Å². The molecule has 0 N–H and O–H groups in total. The molecule has 24 heavy (non-hydrogen) atoms. The lowest BCUT2D eigenvalue weighted by Gasteiger charge is -2.35. The van der Waals surface area contributed by atoms with Crippen LogP contribution in [0.15, 0.2) is 12.1 Å². The van der Waals surface area contributed by atoms with Crippen LogP contribution >= 0.6 is 0 Å². The quantitative estimate of drug-likeness (QED) is 0.758. The first-order valence-electron chi connectivity index (χ1n) is 8.45. The molecule has 2 aliphatic heterocycles. The fourth-order valence-electron chi connectivity index (χ4n) is 3.48. The minimum absolute atomic E-state index is 0.175. The summed E-state index contributed by atoms with van der Waals surface area (Å²) in [5, 5.41) is 0. The average molecular weight is 331 g/mol. The third kappa shape index (κ3) is 3.44. The Labute approximate surface area is 143 Å². The van der Waals surface area contributed by atoms with Gasteiger partial charge in [0, 0.05) is 39.3 Å². The number of amides is 1. The molecule has 2 heterocycles. The van der Waals surface area contributed by atoms with Crippen molar-refractivity contribution in [2.24, 2.45) is 0 Å². The summed E-state index contributed by atoms with van der Waals surface area (Å²) in [6.07, 6.45) is 1.56. The lowest BCUT2D eigenvalue weighted by Crippen LogP contribution is -2.49. The van der Waals surface area contributed by atoms with Gasteiger partial charge in [-0.15, -0.1) is 0 Å². The number of piperazine rings is 1. The molecule has 0 saturated carbocycles. The highest BCUT2D eigenvalue weighted by atomic mass is 16.5. The first kappa shape index (κ1) is 16.9. The Morgan fingerprint density at radius 2 is 1.96 bits per heavy atom. The summed E-state index contributed by atoms with van der Waals surface area (Å²) in [5.41, 5.74) is 2.70. The highest BCUT2D eigenvalue weighted by Crippen LogP contribution is 2.28. The van der Waals surface area contributed by atoms with Gasteiger partial charge in [-0.1, -0.05) is 6.07 Å². The summed E-state index contributed by atoms with van der Waals surface area (Å²) < 4.78 is 5.26. The van der Waals surface area contributed by atoms with Crippen LogP contribution in [0.1, 0.15) is 21.5 Å². The number of fused-ring (bicyclic) bond motifs is 1. The van der Waals surface area contributed by atoms with Gasteiger partial charge in [-0.25, -0.2) is 0 Å². The largest absolute Gasteiger partial charge is 0.496 e. The second-order valence-corrected chi connectivity index (χ2v) is 6.58. The number of ether oxygens (including phenoxy) is 1. The summed E-state index contributed by atoms with van der Waals surface area (Å²) in [6.45, 7) is 5.63. The molecular formula is C18H25N3O3. The normalized spacial score (nSPS) is 19.0. The molecule has 6 nitrogen and oxygen atoms in total. The maximum atomic E-state index is 12.6. The third-order valence-electron chi connectivity index (χ3n) is 5.05. The van der Waals surface area contributed by atoms with Crippen LogP contribution in [-0.2, 0) is 17.8 Å². The minimum atomic E-state index is 0.175. The molecule has 1 amide bonds. The van der Waals surface area contributed by atoms with E-state index in [0.717, 1.165) is 43.6 Å². The number of nitrogens with zero attached hydrogens (tertiary/aromatic N) is 3. The maximum Gasteiger partial charge on any atom is 0.237 e. The average Bonchev–Trinajstić information content (AvgIpc) is 2.62. The molecule has 2 aliphatic rings. The molecule has 0 radical (unpaired) electrons. The van der Waals surface area contributed by atoms with E-state index >= 15 is 0 Å². The van der Waals surface area contributed by atoms with Crippen LogP contribution in [0, 0.1) is 0 Å². The Morgan fingerprint density at radius 3 is 2.62 bits per heavy atom. The number of likely N-dealkylation sites (N-methyl/N-ethyl adjacent to an activating group) is 1. The van der Waals surface area contributed by atoms with E-state index in [1.54, 1.807) is 7.11 Å². The van der Waals surface area contributed by atoms with Crippen molar-refractivity contribution in [3.8, 4) is 5.75 Å². The second-order valence-electron chi connectivity index (χ2n) is 6.58. The maximum absolute atomic E-state index is 12.6. The van der Waals surface area contributed by atoms with Crippen molar-refractivity contribution in [1.82, 2.24) is 14.7 Å². The van der Waals surface area contributed by atoms with Gasteiger partial charge in [-0.2, -0.15) is 0 Å². The molecule has 0 aliphatic carbocycles. The molecule has 130 valence electrons. The van der Waals surface area contributed by atoms with Crippen molar-refractivity contribution in [2.45, 2.75) is 13.0 Å². The Balaban J connectivity index is 1.66. The van der Waals surface area contributed by atoms with Crippen molar-refractivity contribution in [3.63, 3.8) is 0 Å². The number of methoxy groups -OCH3 is 1. The number of aldehydes is 1. The Bertz CT molecular complexity index is 624. The van der Waals surface area contributed by atoms with Gasteiger partial charge in [-0.3, -0.25) is 14.5 Å². The summed E-state index contributed by atoms with van der Waals surface area (Å²) in [6, 6.07) is 3.79. The van der Waals surface area contributed by atoms with Gasteiger partial charge in [0.05, 0.1) is 19.2 Å². The summed E-state index contributed by atoms with van der Waals surface area (Å²) in [5.74, 6) is 0.787. The Hall–Kier alpha value is -1.92. The predicted octanol–water partition coefficient (Wildman–Crippen LogP) is 0.640. The van der Waals surface area contributed by atoms with Crippen LogP contribution in [0.4, 0.5) is 0 Å². The fraction of sp³-hybridized carbons (Fsp3) is 0.556. The number of carbonyl (C=O) groups excluding carboxylic acids is 2. The smallest absolute Gasteiger partial charge is 0.237 e. The number of rotatable bonds is 4. The van der Waals surface area contributed by atoms with E-state index in [1.165, 1.54) is 0 Å². The lowest BCUT2D eigenvalue weighted by atomic mass is 9.94. The minimum Gasteiger partial charge on any atom is -0.496 e. The van der Waals surface area contributed by atoms with Gasteiger partial charge >= 0.3 is 0 Å². The monoisotopic (exact) mass is 331 g/mol. The third-order valence-corrected chi connectivity index (χ3v) is 5.05. The molecule has 0 bridgehead atoms. The first-order valence-corrected chi connectivity index (χ1v) is 8.45. The molecule has 3 rings (SSSR count). The van der Waals surface area contributed by atoms with E-state index in [2.05, 4.69) is 16.8 Å². The Morgan fingerprint density at radius 1 is 1.21 bits per heavy atom. The molecule has 0 aromatic heterocycles. The molecule has 1 aromatic carbocycles. The predicted molar refractivity (Wildman–Crippen MR) is 91.4 cm³/mol. The fourth-order valence-corrected chi connectivity index (χ4v) is 3.48. The van der Waals surface area contributed by atoms with Crippen LogP contribution in [0.5, 0.6) is 5.75 Å². The van der Waals surface area contributed by atoms with E-state index in [1.807, 2.05) is 17.0 Å². The Kier molecular flexibility index (Phi) is 5.16. The second kappa shape index (κ2) is 7.32. The first-order chi connectivity index (χ1) is 11.6. The van der Waals surface area contributed by atoms with Gasteiger partial charge in [0.1, 0.15) is 5.75 Å². The highest BCUT2D eigenvalue weighted by Gasteiger charge is 2.26. The molecule has 1 saturated heterocycles. The highest BCUT2D eigenvalue weighted by molar-refractivity contribution is 5.83. The van der Waals surface area contributed by atoms with Gasteiger partial charge in [0.2, 0.25) is 5.91 Å². The van der Waals surface area contributed by atoms with E-state index in [-0.39, 0.29) is 5.91 Å². The summed E-state index contributed by atoms with van der Waals surface area (Å²) >= 11 is 0. The molecule has 6 heteroatoms. The zero-order valence-corrected chi connectivity index (χ0v) is 14.5. The van der Waals surface area contributed by atoms with E-state index in [0.29, 0.717) is 37.4 Å². The summed E-state index contributed by atoms with van der Waals surface area (Å²) in [7, 11) is 3.68. The van der Waals surface area contributed by atoms with Crippen LogP contribution < -0.4 is 4.74 Å². The van der Waals surface area contributed by atoms with Crippen molar-refractivity contribution >= 4 is 12.2 Å². The molecule has 1 aromatic rings. The van der Waals surface area contributed by atoms with Crippen LogP contribution in [0.25, 0.3) is 0 Å². The topological polar surface area (TPSA) is 53.1 Å². The van der Waals surface area contributed by atoms with E-state index in [4.69, 9.17) is 4.74 Å². The number of hydrogen-bond donors (Lipinski definition) is 0. The zero-order valence-electron chi connectivity index (χ0n) is 14.5. The van der Waals surface area contributed by atoms with Crippen LogP contribution in [-0.4, -0.2) is 80.3 Å². The van der Waals surface area contributed by atoms with Gasteiger partial charge in [0.25, 0.3) is 0 Å². The molecule has 1 fully saturated rings. The molecule has 0 spiro atoms. The lowest BCUT2D eigenvalue weighted by molar-refractivity contribution is -0.133. The van der Waals surface area contributed by atoms with Gasteiger partial charge < -0.3 is 14.5 Å². The van der Waals surface area contributed by atoms with E-state index in [9.17, 15) is 9.59 Å². The van der Waals surface area contributed by atoms with Gasteiger partial charge in [0.15, 0.2) is 6.29 Å². The number of carbonyl (C=O) groups is 2. The van der Waals surface area contributed by atoms with Crippen LogP contribution in [0.3, 0.4) is 0 Å². The van der Waals surface area contributed by atoms with Crippen molar-refractivity contribution in [3.05, 3.63) is 28.8 Å². The van der Waals surface area contributed by atoms with Crippen LogP contribution in [0.2, 0.25) is 0 Å². The standard InChI is InChI=1S/C18H25N3O3/c1-19-7-9-20(10-8-19)12-18(23)21-6-5-15-14(11-21)3-4-17(24-2)16(15)13-22/h3-4,13H,5-12H2,1-2H3. The number of hydrogen-bond acceptors (Lipinski definition) is 5. The molecular weight excluding hydrogens is 306 g/mol. The molecule has 0 unspecified atom stereocenters. The number of benzene rings is 1.